The molecule has 0 saturated heterocycles. The Labute approximate surface area is 81.9 Å². The molecule has 0 radical (unpaired) electrons. The third-order valence-electron chi connectivity index (χ3n) is 3.07. The SMILES string of the molecule is CN(C)CCC(O)C1CCCCC1. The first-order valence-corrected chi connectivity index (χ1v) is 5.53. The molecule has 1 rings (SSSR count). The Balaban J connectivity index is 2.17. The fraction of sp³-hybridized carbons (Fsp3) is 1.00. The average molecular weight is 185 g/mol. The highest BCUT2D eigenvalue weighted by molar-refractivity contribution is 4.73. The first kappa shape index (κ1) is 11.0. The summed E-state index contributed by atoms with van der Waals surface area (Å²) in [5.74, 6) is 0.591. The quantitative estimate of drug-likeness (QED) is 0.723. The molecule has 1 saturated carbocycles. The highest BCUT2D eigenvalue weighted by Crippen LogP contribution is 2.27. The second-order valence-corrected chi connectivity index (χ2v) is 4.56. The molecule has 0 amide bonds. The monoisotopic (exact) mass is 185 g/mol. The molecule has 1 atom stereocenters. The number of hydrogen-bond acceptors (Lipinski definition) is 2. The lowest BCUT2D eigenvalue weighted by Crippen LogP contribution is -2.27. The average Bonchev–Trinajstić information content (AvgIpc) is 2.15. The van der Waals surface area contributed by atoms with Crippen LogP contribution < -0.4 is 0 Å². The van der Waals surface area contributed by atoms with E-state index >= 15 is 0 Å². The van der Waals surface area contributed by atoms with Gasteiger partial charge in [0.05, 0.1) is 6.10 Å². The third kappa shape index (κ3) is 4.10. The smallest absolute Gasteiger partial charge is 0.0580 e. The van der Waals surface area contributed by atoms with Gasteiger partial charge in [0.2, 0.25) is 0 Å². The van der Waals surface area contributed by atoms with E-state index in [0.717, 1.165) is 13.0 Å². The zero-order chi connectivity index (χ0) is 9.68. The maximum absolute atomic E-state index is 9.90. The van der Waals surface area contributed by atoms with E-state index in [2.05, 4.69) is 19.0 Å². The number of aliphatic hydroxyl groups is 1. The van der Waals surface area contributed by atoms with Crippen LogP contribution in [-0.4, -0.2) is 36.8 Å². The van der Waals surface area contributed by atoms with Gasteiger partial charge >= 0.3 is 0 Å². The second kappa shape index (κ2) is 5.61. The Kier molecular flexibility index (Phi) is 4.74. The van der Waals surface area contributed by atoms with Gasteiger partial charge in [0.15, 0.2) is 0 Å². The molecule has 0 spiro atoms. The molecule has 0 aromatic rings. The van der Waals surface area contributed by atoms with Crippen molar-refractivity contribution in [3.63, 3.8) is 0 Å². The fourth-order valence-corrected chi connectivity index (χ4v) is 2.15. The first-order chi connectivity index (χ1) is 6.20. The lowest BCUT2D eigenvalue weighted by molar-refractivity contribution is 0.0707. The Morgan fingerprint density at radius 2 is 1.85 bits per heavy atom. The van der Waals surface area contributed by atoms with Crippen LogP contribution in [0.5, 0.6) is 0 Å². The molecule has 2 nitrogen and oxygen atoms in total. The van der Waals surface area contributed by atoms with Crippen LogP contribution in [-0.2, 0) is 0 Å². The van der Waals surface area contributed by atoms with Crippen LogP contribution in [0.4, 0.5) is 0 Å². The zero-order valence-electron chi connectivity index (χ0n) is 9.00. The molecule has 1 aliphatic rings. The van der Waals surface area contributed by atoms with Gasteiger partial charge in [-0.1, -0.05) is 19.3 Å². The van der Waals surface area contributed by atoms with E-state index in [1.807, 2.05) is 0 Å². The third-order valence-corrected chi connectivity index (χ3v) is 3.07. The van der Waals surface area contributed by atoms with Gasteiger partial charge in [0.1, 0.15) is 0 Å². The molecule has 0 aromatic carbocycles. The number of aliphatic hydroxyl groups excluding tert-OH is 1. The van der Waals surface area contributed by atoms with Crippen LogP contribution in [0.15, 0.2) is 0 Å². The molecule has 0 aliphatic heterocycles. The molecule has 1 fully saturated rings. The molecule has 13 heavy (non-hydrogen) atoms. The lowest BCUT2D eigenvalue weighted by atomic mass is 9.84. The highest BCUT2D eigenvalue weighted by Gasteiger charge is 2.21. The van der Waals surface area contributed by atoms with Crippen LogP contribution >= 0.6 is 0 Å². The van der Waals surface area contributed by atoms with Gasteiger partial charge in [0, 0.05) is 0 Å². The van der Waals surface area contributed by atoms with E-state index in [4.69, 9.17) is 0 Å². The second-order valence-electron chi connectivity index (χ2n) is 4.56. The molecule has 1 aliphatic carbocycles. The standard InChI is InChI=1S/C11H23NO/c1-12(2)9-8-11(13)10-6-4-3-5-7-10/h10-11,13H,3-9H2,1-2H3. The summed E-state index contributed by atoms with van der Waals surface area (Å²) >= 11 is 0. The van der Waals surface area contributed by atoms with Crippen molar-refractivity contribution in [1.29, 1.82) is 0 Å². The van der Waals surface area contributed by atoms with Gasteiger partial charge in [0.25, 0.3) is 0 Å². The zero-order valence-corrected chi connectivity index (χ0v) is 9.00. The van der Waals surface area contributed by atoms with Gasteiger partial charge in [-0.25, -0.2) is 0 Å². The van der Waals surface area contributed by atoms with Crippen molar-refractivity contribution in [2.45, 2.75) is 44.6 Å². The topological polar surface area (TPSA) is 23.5 Å². The van der Waals surface area contributed by atoms with Crippen LogP contribution in [0, 0.1) is 5.92 Å². The van der Waals surface area contributed by atoms with Crippen molar-refractivity contribution in [1.82, 2.24) is 4.90 Å². The molecule has 0 heterocycles. The van der Waals surface area contributed by atoms with E-state index in [9.17, 15) is 5.11 Å². The van der Waals surface area contributed by atoms with E-state index < -0.39 is 0 Å². The number of nitrogens with zero attached hydrogens (tertiary/aromatic N) is 1. The van der Waals surface area contributed by atoms with E-state index in [1.165, 1.54) is 32.1 Å². The molecular weight excluding hydrogens is 162 g/mol. The first-order valence-electron chi connectivity index (χ1n) is 5.53. The Morgan fingerprint density at radius 3 is 2.38 bits per heavy atom. The summed E-state index contributed by atoms with van der Waals surface area (Å²) in [5.41, 5.74) is 0. The minimum atomic E-state index is -0.0531. The van der Waals surface area contributed by atoms with Crippen molar-refractivity contribution in [3.8, 4) is 0 Å². The van der Waals surface area contributed by atoms with Crippen molar-refractivity contribution in [3.05, 3.63) is 0 Å². The largest absolute Gasteiger partial charge is 0.393 e. The van der Waals surface area contributed by atoms with E-state index in [-0.39, 0.29) is 6.10 Å². The molecule has 2 heteroatoms. The number of rotatable bonds is 4. The van der Waals surface area contributed by atoms with Crippen molar-refractivity contribution < 1.29 is 5.11 Å². The highest BCUT2D eigenvalue weighted by atomic mass is 16.3. The summed E-state index contributed by atoms with van der Waals surface area (Å²) in [6.45, 7) is 1.01. The summed E-state index contributed by atoms with van der Waals surface area (Å²) in [4.78, 5) is 2.14. The molecule has 0 bridgehead atoms. The summed E-state index contributed by atoms with van der Waals surface area (Å²) in [7, 11) is 4.13. The van der Waals surface area contributed by atoms with E-state index in [1.54, 1.807) is 0 Å². The molecular formula is C11H23NO. The van der Waals surface area contributed by atoms with Crippen LogP contribution in [0.1, 0.15) is 38.5 Å². The lowest BCUT2D eigenvalue weighted by Gasteiger charge is -2.27. The minimum Gasteiger partial charge on any atom is -0.393 e. The predicted molar refractivity (Wildman–Crippen MR) is 55.8 cm³/mol. The van der Waals surface area contributed by atoms with Crippen LogP contribution in [0.3, 0.4) is 0 Å². The van der Waals surface area contributed by atoms with Crippen LogP contribution in [0.25, 0.3) is 0 Å². The summed E-state index contributed by atoms with van der Waals surface area (Å²) in [6.07, 6.45) is 7.40. The minimum absolute atomic E-state index is 0.0531. The Morgan fingerprint density at radius 1 is 1.23 bits per heavy atom. The normalized spacial score (nSPS) is 22.2. The summed E-state index contributed by atoms with van der Waals surface area (Å²) < 4.78 is 0. The Bertz CT molecular complexity index is 130. The molecule has 1 unspecified atom stereocenters. The summed E-state index contributed by atoms with van der Waals surface area (Å²) in [5, 5.41) is 9.90. The van der Waals surface area contributed by atoms with Crippen LogP contribution in [0.2, 0.25) is 0 Å². The van der Waals surface area contributed by atoms with Gasteiger partial charge in [-0.3, -0.25) is 0 Å². The fourth-order valence-electron chi connectivity index (χ4n) is 2.15. The van der Waals surface area contributed by atoms with Crippen molar-refractivity contribution >= 4 is 0 Å². The predicted octanol–water partition coefficient (Wildman–Crippen LogP) is 1.88. The molecule has 1 N–H and O–H groups in total. The maximum atomic E-state index is 9.90. The number of hydrogen-bond donors (Lipinski definition) is 1. The molecule has 78 valence electrons. The Hall–Kier alpha value is -0.0800. The maximum Gasteiger partial charge on any atom is 0.0580 e. The van der Waals surface area contributed by atoms with E-state index in [0.29, 0.717) is 5.92 Å². The van der Waals surface area contributed by atoms with Crippen molar-refractivity contribution in [2.75, 3.05) is 20.6 Å². The van der Waals surface area contributed by atoms with Crippen molar-refractivity contribution in [2.24, 2.45) is 5.92 Å². The molecule has 0 aromatic heterocycles. The van der Waals surface area contributed by atoms with Gasteiger partial charge < -0.3 is 10.0 Å². The van der Waals surface area contributed by atoms with Gasteiger partial charge in [-0.05, 0) is 45.8 Å². The van der Waals surface area contributed by atoms with Gasteiger partial charge in [-0.15, -0.1) is 0 Å². The summed E-state index contributed by atoms with van der Waals surface area (Å²) in [6, 6.07) is 0. The van der Waals surface area contributed by atoms with Gasteiger partial charge in [-0.2, -0.15) is 0 Å².